The van der Waals surface area contributed by atoms with Crippen molar-refractivity contribution in [3.05, 3.63) is 178 Å². The fourth-order valence-corrected chi connectivity index (χ4v) is 21.6. The predicted molar refractivity (Wildman–Crippen MR) is 593 cm³/mol. The van der Waals surface area contributed by atoms with Gasteiger partial charge in [0.2, 0.25) is 46.6 Å². The van der Waals surface area contributed by atoms with Gasteiger partial charge in [-0.2, -0.15) is 15.0 Å². The first-order chi connectivity index (χ1) is 71.2. The molecule has 0 radical (unpaired) electrons. The molecule has 10 fully saturated rings. The summed E-state index contributed by atoms with van der Waals surface area (Å²) in [7, 11) is 0.294. The molecule has 150 heavy (non-hydrogen) atoms. The number of rotatable bonds is 24. The summed E-state index contributed by atoms with van der Waals surface area (Å²) in [5.74, 6) is 3.89. The molecule has 5 spiro atoms. The van der Waals surface area contributed by atoms with E-state index in [-0.39, 0.29) is 5.28 Å². The third-order valence-electron chi connectivity index (χ3n) is 25.1. The Balaban J connectivity index is 0.000000136. The zero-order valence-electron chi connectivity index (χ0n) is 86.5. The second kappa shape index (κ2) is 47.3. The average molecular weight is 2260 g/mol. The highest BCUT2D eigenvalue weighted by atomic mass is 79.9. The van der Waals surface area contributed by atoms with E-state index in [1.54, 1.807) is 113 Å². The molecule has 0 saturated carbocycles. The molecule has 0 unspecified atom stereocenters. The standard InChI is InChI=1S/2C23H26ClN6O3P.C16H23N3O4.C12H12Cl2N3OP.C11H15BrN2O3.C11H15N3O2.C5H9NO/c2*1-32-21-18(8-15(9-25-21)30-11-23(12-30)13-33-14-23)28-22-26-10-16(24)20(29-22)27-17-6-4-5-7-19(17)34(2,3)31;1-15(2,3)23-14(20)18-12-5-11(6-17-13(12)21-4)19-7-16(8-19)9-22-10-16;1-19(2,18)10-6-4-3-5-9(10)16-11-8(13)7-15-12(14)17-11;1-11(2,3)17-10(15)14-8-5-7(12)6-13-9(8)16-4;1-15-10-9(12)2-8(3-13-10)14-4-11(5-14)6-16-7-11;1-5(2-6-1)3-7-4-5/h2*4-10H,11-14H2,1-3H3,(H2,26,27,28,29);5-6H,7-10H2,1-4H3,(H,18,20);3-7H,1-2H3,(H,15,16,17);5-6H,1-4H3,(H,14,15);2-3H,4-7,12H2,1H3;6H,1-4H2. The van der Waals surface area contributed by atoms with Crippen LogP contribution in [0, 0.1) is 27.1 Å². The SMILES string of the molecule is C1NCC12COC2.COc1ncc(Br)cc1NC(=O)OC(C)(C)C.COc1ncc(N2CC3(COC3)C2)cc1N.COc1ncc(N2CC3(COC3)C2)cc1NC(=O)OC(C)(C)C.COc1ncc(N2CC3(COC3)C2)cc1Nc1ncc(Cl)c(Nc2ccccc2P(C)(C)=O)n1.COc1ncc(N2CC3(COC3)C2)cc1Nc1ncc(Cl)c(Nc2ccccc2P(C)(C)=O)n1.CP(C)(=O)c1ccccc1Nc1nc(Cl)ncc1Cl. The van der Waals surface area contributed by atoms with Gasteiger partial charge < -0.3 is 128 Å². The number of aromatic nitrogens is 11. The predicted octanol–water partition coefficient (Wildman–Crippen LogP) is 17.6. The first-order valence-corrected chi connectivity index (χ1v) is 58.0. The van der Waals surface area contributed by atoms with Gasteiger partial charge >= 0.3 is 12.2 Å². The van der Waals surface area contributed by atoms with Crippen LogP contribution < -0.4 is 107 Å². The average Bonchev–Trinajstić information content (AvgIpc) is 0.754. The van der Waals surface area contributed by atoms with E-state index in [1.165, 1.54) is 45.9 Å². The Labute approximate surface area is 900 Å². The van der Waals surface area contributed by atoms with Crippen LogP contribution in [-0.2, 0) is 46.9 Å². The minimum absolute atomic E-state index is 0.0977. The number of halogens is 5. The van der Waals surface area contributed by atoms with Crippen LogP contribution in [0.4, 0.5) is 107 Å². The molecule has 11 aromatic rings. The van der Waals surface area contributed by atoms with Crippen LogP contribution in [0.2, 0.25) is 20.4 Å². The molecule has 10 aliphatic rings. The van der Waals surface area contributed by atoms with Crippen molar-refractivity contribution in [1.82, 2.24) is 60.1 Å². The van der Waals surface area contributed by atoms with Gasteiger partial charge in [0.25, 0.3) is 0 Å². The molecular weight excluding hydrogens is 2140 g/mol. The highest BCUT2D eigenvalue weighted by Gasteiger charge is 2.53. The maximum Gasteiger partial charge on any atom is 0.412 e. The number of anilines is 17. The summed E-state index contributed by atoms with van der Waals surface area (Å²) in [6, 6.07) is 31.6. The summed E-state index contributed by atoms with van der Waals surface area (Å²) in [6.45, 7) is 40.1. The van der Waals surface area contributed by atoms with Crippen LogP contribution in [0.5, 0.6) is 29.4 Å². The van der Waals surface area contributed by atoms with E-state index in [0.29, 0.717) is 146 Å². The van der Waals surface area contributed by atoms with Crippen molar-refractivity contribution in [2.45, 2.75) is 52.7 Å². The van der Waals surface area contributed by atoms with Crippen LogP contribution in [0.3, 0.4) is 0 Å². The van der Waals surface area contributed by atoms with Crippen LogP contribution in [0.1, 0.15) is 41.5 Å². The summed E-state index contributed by atoms with van der Waals surface area (Å²) in [5, 5.41) is 27.7. The lowest BCUT2D eigenvalue weighted by Crippen LogP contribution is -2.66. The number of nitrogens with one attached hydrogen (secondary N) is 8. The molecule has 10 aliphatic heterocycles. The minimum atomic E-state index is -2.51. The minimum Gasteiger partial charge on any atom is -0.480 e. The van der Waals surface area contributed by atoms with Crippen LogP contribution in [0.15, 0.2) is 157 Å². The largest absolute Gasteiger partial charge is 0.480 e. The third kappa shape index (κ3) is 28.6. The topological polar surface area (TPSA) is 473 Å². The van der Waals surface area contributed by atoms with E-state index in [4.69, 9.17) is 109 Å². The molecule has 802 valence electrons. The highest BCUT2D eigenvalue weighted by molar-refractivity contribution is 9.10. The molecule has 0 bridgehead atoms. The van der Waals surface area contributed by atoms with Gasteiger partial charge in [-0.25, -0.2) is 49.5 Å². The Bertz CT molecular complexity index is 6590. The summed E-state index contributed by atoms with van der Waals surface area (Å²) < 4.78 is 101. The number of carbonyl (C=O) groups is 2. The number of nitrogens with two attached hydrogens (primary N) is 1. The van der Waals surface area contributed by atoms with Crippen molar-refractivity contribution < 1.29 is 80.1 Å². The van der Waals surface area contributed by atoms with Gasteiger partial charge in [-0.05, 0) is 176 Å². The van der Waals surface area contributed by atoms with Gasteiger partial charge in [0, 0.05) is 97.4 Å². The van der Waals surface area contributed by atoms with Gasteiger partial charge in [0.15, 0.2) is 17.5 Å². The van der Waals surface area contributed by atoms with Crippen molar-refractivity contribution in [1.29, 1.82) is 0 Å². The van der Waals surface area contributed by atoms with Crippen molar-refractivity contribution in [3.63, 3.8) is 0 Å². The molecule has 8 aromatic heterocycles. The Morgan fingerprint density at radius 2 is 0.660 bits per heavy atom. The van der Waals surface area contributed by atoms with E-state index in [0.717, 1.165) is 162 Å². The fourth-order valence-electron chi connectivity index (χ4n) is 17.3. The van der Waals surface area contributed by atoms with Crippen LogP contribution >= 0.6 is 83.8 Å². The number of amides is 2. The van der Waals surface area contributed by atoms with Crippen molar-refractivity contribution >= 4 is 209 Å². The summed E-state index contributed by atoms with van der Waals surface area (Å²) in [5.41, 5.74) is 15.6. The van der Waals surface area contributed by atoms with Gasteiger partial charge in [-0.15, -0.1) is 0 Å². The molecule has 41 nitrogen and oxygen atoms in total. The number of benzene rings is 3. The van der Waals surface area contributed by atoms with E-state index in [9.17, 15) is 23.3 Å². The first kappa shape index (κ1) is 112. The fraction of sp³-hybridized carbons (Fsp3) is 0.436. The maximum atomic E-state index is 12.7. The number of nitrogen functional groups attached to an aromatic ring is 1. The van der Waals surface area contributed by atoms with E-state index in [1.807, 2.05) is 124 Å². The normalized spacial score (nSPS) is 16.9. The monoisotopic (exact) mass is 2260 g/mol. The molecule has 10 N–H and O–H groups in total. The second-order valence-corrected chi connectivity index (χ2v) is 53.4. The zero-order valence-corrected chi connectivity index (χ0v) is 93.8. The molecule has 0 atom stereocenters. The van der Waals surface area contributed by atoms with Gasteiger partial charge in [0.05, 0.1) is 212 Å². The third-order valence-corrected chi connectivity index (χ3v) is 31.2. The molecule has 49 heteroatoms. The van der Waals surface area contributed by atoms with Crippen molar-refractivity contribution in [2.75, 3.05) is 270 Å². The quantitative estimate of drug-likeness (QED) is 0.0200. The second-order valence-electron chi connectivity index (χ2n) is 41.3. The van der Waals surface area contributed by atoms with Crippen LogP contribution in [-0.4, -0.2) is 285 Å². The number of methoxy groups -OCH3 is 5. The number of carbonyl (C=O) groups excluding carboxylic acids is 2. The lowest BCUT2D eigenvalue weighted by molar-refractivity contribution is -0.139. The van der Waals surface area contributed by atoms with Gasteiger partial charge in [0.1, 0.15) is 70.4 Å². The lowest BCUT2D eigenvalue weighted by Gasteiger charge is -2.55. The van der Waals surface area contributed by atoms with Gasteiger partial charge in [-0.1, -0.05) is 71.2 Å². The molecule has 18 heterocycles. The first-order valence-electron chi connectivity index (χ1n) is 47.9. The lowest BCUT2D eigenvalue weighted by atomic mass is 9.78. The smallest absolute Gasteiger partial charge is 0.412 e. The van der Waals surface area contributed by atoms with Crippen molar-refractivity contribution in [3.8, 4) is 29.4 Å². The molecule has 21 rings (SSSR count). The molecule has 10 saturated heterocycles. The molecule has 0 aliphatic carbocycles. The zero-order chi connectivity index (χ0) is 108. The van der Waals surface area contributed by atoms with E-state index < -0.39 is 44.8 Å². The van der Waals surface area contributed by atoms with Crippen molar-refractivity contribution in [2.24, 2.45) is 27.1 Å². The molecular formula is C101H126BrCl4N24O17P3. The number of para-hydroxylation sites is 3. The number of nitrogens with zero attached hydrogens (tertiary/aromatic N) is 15. The molecule has 3 aromatic carbocycles. The number of ether oxygens (including phenoxy) is 12. The maximum absolute atomic E-state index is 12.7. The van der Waals surface area contributed by atoms with Crippen LogP contribution in [0.25, 0.3) is 0 Å². The summed E-state index contributed by atoms with van der Waals surface area (Å²) in [6.07, 6.45) is 12.1. The van der Waals surface area contributed by atoms with E-state index >= 15 is 0 Å². The van der Waals surface area contributed by atoms with Gasteiger partial charge in [-0.3, -0.25) is 10.6 Å². The number of pyridine rings is 5. The number of hydrogen-bond donors (Lipinski definition) is 9. The van der Waals surface area contributed by atoms with E-state index in [2.05, 4.69) is 133 Å². The Morgan fingerprint density at radius 3 is 0.947 bits per heavy atom. The highest BCUT2D eigenvalue weighted by Crippen LogP contribution is 2.49. The Morgan fingerprint density at radius 1 is 0.373 bits per heavy atom. The summed E-state index contributed by atoms with van der Waals surface area (Å²) in [4.78, 5) is 79.4. The Hall–Kier alpha value is -11.7. The summed E-state index contributed by atoms with van der Waals surface area (Å²) >= 11 is 27.8. The Kier molecular flexibility index (Phi) is 35.4. The number of hydrogen-bond acceptors (Lipinski definition) is 39. The molecule has 2 amide bonds.